The minimum Gasteiger partial charge on any atom is -0.284 e. The third-order valence-electron chi connectivity index (χ3n) is 6.62. The molecule has 1 aliphatic heterocycles. The third-order valence-corrected chi connectivity index (χ3v) is 7.82. The van der Waals surface area contributed by atoms with Gasteiger partial charge in [0.05, 0.1) is 23.3 Å². The predicted octanol–water partition coefficient (Wildman–Crippen LogP) is 4.50. The molecule has 2 aromatic carbocycles. The van der Waals surface area contributed by atoms with Gasteiger partial charge >= 0.3 is 0 Å². The van der Waals surface area contributed by atoms with Crippen molar-refractivity contribution in [3.05, 3.63) is 59.2 Å². The van der Waals surface area contributed by atoms with Crippen LogP contribution in [0.1, 0.15) is 42.4 Å². The van der Waals surface area contributed by atoms with E-state index >= 15 is 0 Å². The molecular weight excluding hydrogens is 390 g/mol. The second-order valence-corrected chi connectivity index (χ2v) is 9.53. The van der Waals surface area contributed by atoms with Crippen molar-refractivity contribution in [2.24, 2.45) is 16.9 Å². The summed E-state index contributed by atoms with van der Waals surface area (Å²) in [6.07, 6.45) is 5.45. The number of hydrazone groups is 1. The third kappa shape index (κ3) is 3.47. The summed E-state index contributed by atoms with van der Waals surface area (Å²) in [5, 5.41) is 30.2. The molecule has 2 aromatic rings. The standard InChI is InChI=1S/C24H23N5S/c1-29-24(27-22-11-16-4-7-18(22)10-16)30-23(28-29)19-8-9-20(14-26)21(12-19)17-5-2-15(13-25)3-6-17/h2-3,5-6,8-9,12,16,18,22,24,27H,4,7,10-11H2,1H3. The van der Waals surface area contributed by atoms with Gasteiger partial charge in [0, 0.05) is 24.2 Å². The van der Waals surface area contributed by atoms with E-state index < -0.39 is 0 Å². The van der Waals surface area contributed by atoms with E-state index in [1.165, 1.54) is 25.7 Å². The number of rotatable bonds is 4. The van der Waals surface area contributed by atoms with Gasteiger partial charge in [0.25, 0.3) is 0 Å². The van der Waals surface area contributed by atoms with Crippen LogP contribution in [0.25, 0.3) is 11.1 Å². The lowest BCUT2D eigenvalue weighted by Gasteiger charge is -2.28. The van der Waals surface area contributed by atoms with Crippen molar-refractivity contribution in [2.75, 3.05) is 7.05 Å². The maximum absolute atomic E-state index is 9.58. The molecule has 5 rings (SSSR count). The number of thioether (sulfide) groups is 1. The quantitative estimate of drug-likeness (QED) is 0.799. The molecule has 1 heterocycles. The summed E-state index contributed by atoms with van der Waals surface area (Å²) >= 11 is 1.75. The molecule has 0 saturated heterocycles. The normalized spacial score (nSPS) is 27.0. The van der Waals surface area contributed by atoms with Crippen LogP contribution < -0.4 is 5.32 Å². The summed E-state index contributed by atoms with van der Waals surface area (Å²) in [7, 11) is 2.02. The highest BCUT2D eigenvalue weighted by molar-refractivity contribution is 8.15. The van der Waals surface area contributed by atoms with Crippen LogP contribution in [0, 0.1) is 34.5 Å². The van der Waals surface area contributed by atoms with Gasteiger partial charge in [0.15, 0.2) is 0 Å². The Hall–Kier alpha value is -2.80. The summed E-state index contributed by atoms with van der Waals surface area (Å²) in [4.78, 5) is 0. The lowest BCUT2D eigenvalue weighted by molar-refractivity contribution is 0.244. The van der Waals surface area contributed by atoms with Gasteiger partial charge in [-0.1, -0.05) is 36.4 Å². The highest BCUT2D eigenvalue weighted by Crippen LogP contribution is 2.45. The second-order valence-electron chi connectivity index (χ2n) is 8.46. The van der Waals surface area contributed by atoms with E-state index in [4.69, 9.17) is 10.4 Å². The Labute approximate surface area is 181 Å². The molecule has 0 aromatic heterocycles. The van der Waals surface area contributed by atoms with Crippen LogP contribution in [0.3, 0.4) is 0 Å². The molecule has 1 N–H and O–H groups in total. The molecule has 2 bridgehead atoms. The first kappa shape index (κ1) is 19.2. The van der Waals surface area contributed by atoms with Crippen LogP contribution in [0.5, 0.6) is 0 Å². The Balaban J connectivity index is 1.37. The van der Waals surface area contributed by atoms with E-state index in [2.05, 4.69) is 17.5 Å². The Morgan fingerprint density at radius 1 is 1.03 bits per heavy atom. The first-order valence-electron chi connectivity index (χ1n) is 10.4. The highest BCUT2D eigenvalue weighted by Gasteiger charge is 2.41. The maximum Gasteiger partial charge on any atom is 0.150 e. The Kier molecular flexibility index (Phi) is 4.98. The average Bonchev–Trinajstić information content (AvgIpc) is 3.50. The largest absolute Gasteiger partial charge is 0.284 e. The second kappa shape index (κ2) is 7.80. The van der Waals surface area contributed by atoms with Gasteiger partial charge in [-0.25, -0.2) is 0 Å². The van der Waals surface area contributed by atoms with E-state index in [1.54, 1.807) is 23.9 Å². The van der Waals surface area contributed by atoms with E-state index in [9.17, 15) is 5.26 Å². The molecule has 150 valence electrons. The highest BCUT2D eigenvalue weighted by atomic mass is 32.2. The Morgan fingerprint density at radius 2 is 1.83 bits per heavy atom. The van der Waals surface area contributed by atoms with Crippen molar-refractivity contribution < 1.29 is 0 Å². The number of hydrogen-bond donors (Lipinski definition) is 1. The Morgan fingerprint density at radius 3 is 2.50 bits per heavy atom. The van der Waals surface area contributed by atoms with Gasteiger partial charge in [-0.3, -0.25) is 10.3 Å². The summed E-state index contributed by atoms with van der Waals surface area (Å²) in [5.74, 6) is 1.74. The zero-order chi connectivity index (χ0) is 20.7. The number of nitrogens with zero attached hydrogens (tertiary/aromatic N) is 4. The van der Waals surface area contributed by atoms with E-state index in [1.807, 2.05) is 42.4 Å². The maximum atomic E-state index is 9.58. The monoisotopic (exact) mass is 413 g/mol. The van der Waals surface area contributed by atoms with Crippen LogP contribution in [-0.4, -0.2) is 28.6 Å². The lowest BCUT2D eigenvalue weighted by Crippen LogP contribution is -2.44. The van der Waals surface area contributed by atoms with Crippen molar-refractivity contribution in [3.8, 4) is 23.3 Å². The fourth-order valence-corrected chi connectivity index (χ4v) is 6.13. The number of nitrogens with one attached hydrogen (secondary N) is 1. The zero-order valence-electron chi connectivity index (χ0n) is 16.9. The fourth-order valence-electron chi connectivity index (χ4n) is 5.04. The van der Waals surface area contributed by atoms with Gasteiger partial charge < -0.3 is 0 Å². The summed E-state index contributed by atoms with van der Waals surface area (Å²) in [6.45, 7) is 0. The van der Waals surface area contributed by atoms with Crippen LogP contribution in [0.15, 0.2) is 47.6 Å². The molecule has 5 nitrogen and oxygen atoms in total. The van der Waals surface area contributed by atoms with Gasteiger partial charge in [-0.2, -0.15) is 15.6 Å². The van der Waals surface area contributed by atoms with Gasteiger partial charge in [0.1, 0.15) is 10.5 Å². The lowest BCUT2D eigenvalue weighted by atomic mass is 9.95. The molecular formula is C24H23N5S. The van der Waals surface area contributed by atoms with Crippen molar-refractivity contribution in [1.29, 1.82) is 10.5 Å². The molecule has 2 fully saturated rings. The SMILES string of the molecule is CN1N=C(c2ccc(C#N)c(-c3ccc(C#N)cc3)c2)SC1NC1CC2CCC1C2. The van der Waals surface area contributed by atoms with Crippen molar-refractivity contribution in [1.82, 2.24) is 10.3 Å². The summed E-state index contributed by atoms with van der Waals surface area (Å²) in [6, 6.07) is 18.3. The summed E-state index contributed by atoms with van der Waals surface area (Å²) in [5.41, 5.74) is 4.20. The van der Waals surface area contributed by atoms with E-state index in [0.29, 0.717) is 17.2 Å². The number of nitriles is 2. The molecule has 2 aliphatic carbocycles. The Bertz CT molecular complexity index is 1080. The van der Waals surface area contributed by atoms with Crippen LogP contribution in [-0.2, 0) is 0 Å². The van der Waals surface area contributed by atoms with Crippen molar-refractivity contribution in [2.45, 2.75) is 37.2 Å². The molecule has 0 radical (unpaired) electrons. The van der Waals surface area contributed by atoms with Gasteiger partial charge in [0.2, 0.25) is 0 Å². The summed E-state index contributed by atoms with van der Waals surface area (Å²) < 4.78 is 0. The molecule has 30 heavy (non-hydrogen) atoms. The van der Waals surface area contributed by atoms with Crippen LogP contribution in [0.4, 0.5) is 0 Å². The van der Waals surface area contributed by atoms with Gasteiger partial charge in [-0.15, -0.1) is 0 Å². The first-order chi connectivity index (χ1) is 14.6. The smallest absolute Gasteiger partial charge is 0.150 e. The van der Waals surface area contributed by atoms with Gasteiger partial charge in [-0.05, 0) is 60.9 Å². The fraction of sp³-hybridized carbons (Fsp3) is 0.375. The zero-order valence-corrected chi connectivity index (χ0v) is 17.7. The van der Waals surface area contributed by atoms with Crippen LogP contribution in [0.2, 0.25) is 0 Å². The minimum atomic E-state index is 0.151. The molecule has 0 amide bonds. The minimum absolute atomic E-state index is 0.151. The average molecular weight is 414 g/mol. The van der Waals surface area contributed by atoms with E-state index in [0.717, 1.165) is 33.6 Å². The van der Waals surface area contributed by atoms with Crippen LogP contribution >= 0.6 is 11.8 Å². The molecule has 3 aliphatic rings. The number of benzene rings is 2. The molecule has 0 spiro atoms. The van der Waals surface area contributed by atoms with E-state index in [-0.39, 0.29) is 5.50 Å². The number of hydrogen-bond acceptors (Lipinski definition) is 6. The molecule has 6 heteroatoms. The van der Waals surface area contributed by atoms with Crippen molar-refractivity contribution >= 4 is 16.8 Å². The topological polar surface area (TPSA) is 75.2 Å². The number of fused-ring (bicyclic) bond motifs is 2. The predicted molar refractivity (Wildman–Crippen MR) is 119 cm³/mol. The molecule has 4 unspecified atom stereocenters. The molecule has 2 saturated carbocycles. The van der Waals surface area contributed by atoms with Crippen molar-refractivity contribution in [3.63, 3.8) is 0 Å². The first-order valence-corrected chi connectivity index (χ1v) is 11.3. The molecule has 4 atom stereocenters.